The molecule has 0 bridgehead atoms. The second-order valence-corrected chi connectivity index (χ2v) is 5.34. The maximum absolute atomic E-state index is 11.8. The maximum Gasteiger partial charge on any atom is 0.320 e. The second-order valence-electron chi connectivity index (χ2n) is 5.34. The SMILES string of the molecule is COCCCn1ccc(NC(=O)NCCCNc2ccccc2)n1. The van der Waals surface area contributed by atoms with Crippen molar-refractivity contribution in [1.29, 1.82) is 0 Å². The Hall–Kier alpha value is -2.54. The van der Waals surface area contributed by atoms with E-state index in [1.165, 1.54) is 0 Å². The Labute approximate surface area is 142 Å². The number of aromatic nitrogens is 2. The number of rotatable bonds is 10. The number of anilines is 2. The molecule has 0 radical (unpaired) electrons. The average Bonchev–Trinajstić information content (AvgIpc) is 3.03. The van der Waals surface area contributed by atoms with E-state index < -0.39 is 0 Å². The van der Waals surface area contributed by atoms with Crippen molar-refractivity contribution in [2.24, 2.45) is 0 Å². The normalized spacial score (nSPS) is 10.4. The van der Waals surface area contributed by atoms with E-state index in [-0.39, 0.29) is 6.03 Å². The number of amides is 2. The molecule has 7 nitrogen and oxygen atoms in total. The van der Waals surface area contributed by atoms with Gasteiger partial charge in [-0.1, -0.05) is 18.2 Å². The van der Waals surface area contributed by atoms with Gasteiger partial charge in [-0.15, -0.1) is 0 Å². The third-order valence-electron chi connectivity index (χ3n) is 3.36. The molecule has 1 aromatic carbocycles. The Bertz CT molecular complexity index is 600. The maximum atomic E-state index is 11.8. The number of hydrogen-bond donors (Lipinski definition) is 3. The summed E-state index contributed by atoms with van der Waals surface area (Å²) in [6, 6.07) is 11.5. The number of nitrogens with zero attached hydrogens (tertiary/aromatic N) is 2. The topological polar surface area (TPSA) is 80.2 Å². The first kappa shape index (κ1) is 17.8. The van der Waals surface area contributed by atoms with Crippen LogP contribution >= 0.6 is 0 Å². The summed E-state index contributed by atoms with van der Waals surface area (Å²) in [5, 5.41) is 13.1. The van der Waals surface area contributed by atoms with E-state index in [4.69, 9.17) is 4.74 Å². The Kier molecular flexibility index (Phi) is 7.62. The number of benzene rings is 1. The van der Waals surface area contributed by atoms with Crippen molar-refractivity contribution in [1.82, 2.24) is 15.1 Å². The van der Waals surface area contributed by atoms with E-state index in [2.05, 4.69) is 21.0 Å². The van der Waals surface area contributed by atoms with Crippen LogP contribution in [0.15, 0.2) is 42.6 Å². The first-order valence-corrected chi connectivity index (χ1v) is 8.14. The molecule has 0 spiro atoms. The molecule has 1 heterocycles. The van der Waals surface area contributed by atoms with Crippen LogP contribution in [-0.4, -0.2) is 42.6 Å². The average molecular weight is 331 g/mol. The molecule has 0 unspecified atom stereocenters. The van der Waals surface area contributed by atoms with E-state index in [0.717, 1.165) is 31.6 Å². The van der Waals surface area contributed by atoms with Gasteiger partial charge in [-0.3, -0.25) is 10.00 Å². The number of carbonyl (C=O) groups excluding carboxylic acids is 1. The standard InChI is InChI=1S/C17H25N5O2/c1-24-14-6-12-22-13-9-16(21-22)20-17(23)19-11-5-10-18-15-7-3-2-4-8-15/h2-4,7-9,13,18H,5-6,10-12,14H2,1H3,(H2,19,20,21,23). The first-order valence-electron chi connectivity index (χ1n) is 8.14. The van der Waals surface area contributed by atoms with Gasteiger partial charge in [0.25, 0.3) is 0 Å². The van der Waals surface area contributed by atoms with E-state index in [9.17, 15) is 4.79 Å². The lowest BCUT2D eigenvalue weighted by Crippen LogP contribution is -2.30. The molecule has 0 aliphatic carbocycles. The van der Waals surface area contributed by atoms with Crippen LogP contribution in [0.3, 0.4) is 0 Å². The van der Waals surface area contributed by atoms with Crippen molar-refractivity contribution >= 4 is 17.5 Å². The zero-order valence-corrected chi connectivity index (χ0v) is 14.0. The Morgan fingerprint density at radius 3 is 2.79 bits per heavy atom. The van der Waals surface area contributed by atoms with Gasteiger partial charge in [-0.25, -0.2) is 4.79 Å². The minimum atomic E-state index is -0.239. The molecular formula is C17H25N5O2. The quantitative estimate of drug-likeness (QED) is 0.585. The number of ether oxygens (including phenoxy) is 1. The van der Waals surface area contributed by atoms with Gasteiger partial charge in [-0.05, 0) is 25.0 Å². The largest absolute Gasteiger partial charge is 0.385 e. The third kappa shape index (κ3) is 6.70. The van der Waals surface area contributed by atoms with Gasteiger partial charge in [0, 0.05) is 51.3 Å². The summed E-state index contributed by atoms with van der Waals surface area (Å²) in [5.41, 5.74) is 1.08. The highest BCUT2D eigenvalue weighted by atomic mass is 16.5. The Balaban J connectivity index is 1.58. The van der Waals surface area contributed by atoms with E-state index in [1.54, 1.807) is 17.9 Å². The molecule has 2 amide bonds. The fourth-order valence-corrected chi connectivity index (χ4v) is 2.16. The zero-order valence-electron chi connectivity index (χ0n) is 14.0. The summed E-state index contributed by atoms with van der Waals surface area (Å²) in [6.07, 6.45) is 3.57. The molecule has 1 aromatic heterocycles. The highest BCUT2D eigenvalue weighted by molar-refractivity contribution is 5.88. The van der Waals surface area contributed by atoms with Crippen molar-refractivity contribution < 1.29 is 9.53 Å². The molecule has 130 valence electrons. The monoisotopic (exact) mass is 331 g/mol. The number of nitrogens with one attached hydrogen (secondary N) is 3. The van der Waals surface area contributed by atoms with Crippen LogP contribution in [0.5, 0.6) is 0 Å². The lowest BCUT2D eigenvalue weighted by Gasteiger charge is -2.07. The van der Waals surface area contributed by atoms with Gasteiger partial charge < -0.3 is 15.4 Å². The molecule has 24 heavy (non-hydrogen) atoms. The lowest BCUT2D eigenvalue weighted by molar-refractivity contribution is 0.189. The highest BCUT2D eigenvalue weighted by Crippen LogP contribution is 2.04. The fourth-order valence-electron chi connectivity index (χ4n) is 2.16. The summed E-state index contributed by atoms with van der Waals surface area (Å²) >= 11 is 0. The summed E-state index contributed by atoms with van der Waals surface area (Å²) in [6.45, 7) is 2.86. The van der Waals surface area contributed by atoms with Gasteiger partial charge in [0.05, 0.1) is 0 Å². The molecule has 2 rings (SSSR count). The van der Waals surface area contributed by atoms with Crippen LogP contribution in [0.4, 0.5) is 16.3 Å². The highest BCUT2D eigenvalue weighted by Gasteiger charge is 2.04. The van der Waals surface area contributed by atoms with E-state index >= 15 is 0 Å². The predicted octanol–water partition coefficient (Wildman–Crippen LogP) is 2.54. The molecular weight excluding hydrogens is 306 g/mol. The molecule has 0 atom stereocenters. The number of methoxy groups -OCH3 is 1. The summed E-state index contributed by atoms with van der Waals surface area (Å²) in [4.78, 5) is 11.8. The van der Waals surface area contributed by atoms with Crippen molar-refractivity contribution in [2.75, 3.05) is 37.4 Å². The second kappa shape index (κ2) is 10.3. The zero-order chi connectivity index (χ0) is 17.0. The van der Waals surface area contributed by atoms with Crippen LogP contribution in [0.1, 0.15) is 12.8 Å². The minimum absolute atomic E-state index is 0.239. The van der Waals surface area contributed by atoms with E-state index in [1.807, 2.05) is 36.5 Å². The molecule has 3 N–H and O–H groups in total. The molecule has 0 aliphatic rings. The molecule has 7 heteroatoms. The Morgan fingerprint density at radius 2 is 2.00 bits per heavy atom. The smallest absolute Gasteiger partial charge is 0.320 e. The van der Waals surface area contributed by atoms with Crippen LogP contribution in [-0.2, 0) is 11.3 Å². The number of para-hydroxylation sites is 1. The number of hydrogen-bond acceptors (Lipinski definition) is 4. The van der Waals surface area contributed by atoms with Crippen molar-refractivity contribution in [2.45, 2.75) is 19.4 Å². The van der Waals surface area contributed by atoms with Crippen LogP contribution in [0.2, 0.25) is 0 Å². The van der Waals surface area contributed by atoms with Crippen LogP contribution in [0.25, 0.3) is 0 Å². The van der Waals surface area contributed by atoms with Gasteiger partial charge in [0.15, 0.2) is 5.82 Å². The summed E-state index contributed by atoms with van der Waals surface area (Å²) < 4.78 is 6.79. The molecule has 0 saturated heterocycles. The predicted molar refractivity (Wildman–Crippen MR) is 95.3 cm³/mol. The third-order valence-corrected chi connectivity index (χ3v) is 3.36. The van der Waals surface area contributed by atoms with E-state index in [0.29, 0.717) is 19.0 Å². The van der Waals surface area contributed by atoms with Crippen molar-refractivity contribution in [3.63, 3.8) is 0 Å². The van der Waals surface area contributed by atoms with Crippen LogP contribution < -0.4 is 16.0 Å². The Morgan fingerprint density at radius 1 is 1.17 bits per heavy atom. The van der Waals surface area contributed by atoms with Gasteiger partial charge in [0.2, 0.25) is 0 Å². The summed E-state index contributed by atoms with van der Waals surface area (Å²) in [7, 11) is 1.68. The van der Waals surface area contributed by atoms with Crippen LogP contribution in [0, 0.1) is 0 Å². The fraction of sp³-hybridized carbons (Fsp3) is 0.412. The van der Waals surface area contributed by atoms with Gasteiger partial charge in [0.1, 0.15) is 0 Å². The minimum Gasteiger partial charge on any atom is -0.385 e. The number of carbonyl (C=O) groups is 1. The van der Waals surface area contributed by atoms with Gasteiger partial charge in [-0.2, -0.15) is 5.10 Å². The number of urea groups is 1. The van der Waals surface area contributed by atoms with Crippen molar-refractivity contribution in [3.05, 3.63) is 42.6 Å². The van der Waals surface area contributed by atoms with Gasteiger partial charge >= 0.3 is 6.03 Å². The number of aryl methyl sites for hydroxylation is 1. The lowest BCUT2D eigenvalue weighted by atomic mass is 10.3. The molecule has 2 aromatic rings. The molecule has 0 fully saturated rings. The molecule has 0 saturated carbocycles. The van der Waals surface area contributed by atoms with Crippen molar-refractivity contribution in [3.8, 4) is 0 Å². The first-order chi connectivity index (χ1) is 11.8. The molecule has 0 aliphatic heterocycles. The summed E-state index contributed by atoms with van der Waals surface area (Å²) in [5.74, 6) is 0.548.